The van der Waals surface area contributed by atoms with Gasteiger partial charge in [0.05, 0.1) is 23.6 Å². The fourth-order valence-corrected chi connectivity index (χ4v) is 1.79. The van der Waals surface area contributed by atoms with Crippen LogP contribution < -0.4 is 10.1 Å². The Labute approximate surface area is 108 Å². The van der Waals surface area contributed by atoms with Crippen molar-refractivity contribution in [3.8, 4) is 5.75 Å². The Balaban J connectivity index is 2.37. The molecule has 1 saturated carbocycles. The average Bonchev–Trinajstić information content (AvgIpc) is 3.10. The van der Waals surface area contributed by atoms with Crippen LogP contribution in [-0.2, 0) is 5.41 Å². The third-order valence-electron chi connectivity index (χ3n) is 2.87. The largest absolute Gasteiger partial charge is 0.489 e. The lowest BCUT2D eigenvalue weighted by atomic mass is 9.88. The predicted molar refractivity (Wildman–Crippen MR) is 70.0 cm³/mol. The molecule has 1 fully saturated rings. The standard InChI is InChI=1S/C14H20N2O2/c1-14(2,3)12-11(13(17)15-4)7-10(8-16-12)18-9-5-6-9/h7-9H,5-6H2,1-4H3,(H,15,17). The van der Waals surface area contributed by atoms with Gasteiger partial charge in [0.15, 0.2) is 0 Å². The van der Waals surface area contributed by atoms with Gasteiger partial charge in [0.25, 0.3) is 5.91 Å². The number of nitrogens with zero attached hydrogens (tertiary/aromatic N) is 1. The Bertz CT molecular complexity index is 459. The van der Waals surface area contributed by atoms with E-state index in [9.17, 15) is 4.79 Å². The number of hydrogen-bond donors (Lipinski definition) is 1. The van der Waals surface area contributed by atoms with E-state index in [1.165, 1.54) is 0 Å². The smallest absolute Gasteiger partial charge is 0.253 e. The maximum atomic E-state index is 11.9. The number of aromatic nitrogens is 1. The van der Waals surface area contributed by atoms with Crippen LogP contribution >= 0.6 is 0 Å². The molecule has 1 aromatic rings. The monoisotopic (exact) mass is 248 g/mol. The summed E-state index contributed by atoms with van der Waals surface area (Å²) in [6, 6.07) is 1.80. The highest BCUT2D eigenvalue weighted by molar-refractivity contribution is 5.95. The van der Waals surface area contributed by atoms with Crippen molar-refractivity contribution in [3.63, 3.8) is 0 Å². The van der Waals surface area contributed by atoms with E-state index in [4.69, 9.17) is 4.74 Å². The van der Waals surface area contributed by atoms with Gasteiger partial charge in [-0.25, -0.2) is 0 Å². The molecule has 0 saturated heterocycles. The SMILES string of the molecule is CNC(=O)c1cc(OC2CC2)cnc1C(C)(C)C. The Morgan fingerprint density at radius 1 is 1.44 bits per heavy atom. The van der Waals surface area contributed by atoms with E-state index in [1.54, 1.807) is 19.3 Å². The van der Waals surface area contributed by atoms with E-state index in [2.05, 4.69) is 10.3 Å². The first-order valence-corrected chi connectivity index (χ1v) is 6.31. The lowest BCUT2D eigenvalue weighted by molar-refractivity contribution is 0.0959. The van der Waals surface area contributed by atoms with Gasteiger partial charge in [-0.05, 0) is 18.9 Å². The van der Waals surface area contributed by atoms with Gasteiger partial charge in [-0.1, -0.05) is 20.8 Å². The van der Waals surface area contributed by atoms with Crippen LogP contribution in [0.15, 0.2) is 12.3 Å². The lowest BCUT2D eigenvalue weighted by Crippen LogP contribution is -2.25. The van der Waals surface area contributed by atoms with Crippen LogP contribution in [0.5, 0.6) is 5.75 Å². The van der Waals surface area contributed by atoms with E-state index in [1.807, 2.05) is 20.8 Å². The zero-order chi connectivity index (χ0) is 13.3. The van der Waals surface area contributed by atoms with E-state index < -0.39 is 0 Å². The predicted octanol–water partition coefficient (Wildman–Crippen LogP) is 2.28. The van der Waals surface area contributed by atoms with E-state index in [-0.39, 0.29) is 11.3 Å². The molecule has 18 heavy (non-hydrogen) atoms. The van der Waals surface area contributed by atoms with E-state index >= 15 is 0 Å². The summed E-state index contributed by atoms with van der Waals surface area (Å²) in [4.78, 5) is 16.3. The summed E-state index contributed by atoms with van der Waals surface area (Å²) in [6.45, 7) is 6.13. The normalized spacial score (nSPS) is 15.3. The number of nitrogens with one attached hydrogen (secondary N) is 1. The summed E-state index contributed by atoms with van der Waals surface area (Å²) in [5, 5.41) is 2.66. The van der Waals surface area contributed by atoms with Crippen LogP contribution in [0.4, 0.5) is 0 Å². The second kappa shape index (κ2) is 4.59. The molecule has 0 aromatic carbocycles. The second-order valence-corrected chi connectivity index (χ2v) is 5.71. The molecule has 98 valence electrons. The van der Waals surface area contributed by atoms with Crippen LogP contribution in [0.25, 0.3) is 0 Å². The van der Waals surface area contributed by atoms with Crippen LogP contribution in [0.1, 0.15) is 49.7 Å². The van der Waals surface area contributed by atoms with Gasteiger partial charge in [-0.15, -0.1) is 0 Å². The molecule has 0 unspecified atom stereocenters. The average molecular weight is 248 g/mol. The maximum absolute atomic E-state index is 11.9. The molecule has 1 amide bonds. The number of carbonyl (C=O) groups is 1. The van der Waals surface area contributed by atoms with Gasteiger partial charge in [0, 0.05) is 12.5 Å². The van der Waals surface area contributed by atoms with Gasteiger partial charge in [0.2, 0.25) is 0 Å². The van der Waals surface area contributed by atoms with Crippen molar-refractivity contribution < 1.29 is 9.53 Å². The number of ether oxygens (including phenoxy) is 1. The van der Waals surface area contributed by atoms with Gasteiger partial charge < -0.3 is 10.1 Å². The highest BCUT2D eigenvalue weighted by Gasteiger charge is 2.27. The topological polar surface area (TPSA) is 51.2 Å². The van der Waals surface area contributed by atoms with Crippen molar-refractivity contribution in [1.29, 1.82) is 0 Å². The molecular weight excluding hydrogens is 228 g/mol. The summed E-state index contributed by atoms with van der Waals surface area (Å²) in [5.41, 5.74) is 1.23. The first kappa shape index (κ1) is 12.9. The second-order valence-electron chi connectivity index (χ2n) is 5.71. The minimum Gasteiger partial charge on any atom is -0.489 e. The van der Waals surface area contributed by atoms with Gasteiger partial charge in [0.1, 0.15) is 5.75 Å². The molecule has 4 nitrogen and oxygen atoms in total. The zero-order valence-electron chi connectivity index (χ0n) is 11.4. The molecule has 0 spiro atoms. The highest BCUT2D eigenvalue weighted by Crippen LogP contribution is 2.30. The summed E-state index contributed by atoms with van der Waals surface area (Å²) in [7, 11) is 1.63. The molecule has 0 bridgehead atoms. The summed E-state index contributed by atoms with van der Waals surface area (Å²) in [5.74, 6) is 0.567. The number of pyridine rings is 1. The molecular formula is C14H20N2O2. The Morgan fingerprint density at radius 3 is 2.61 bits per heavy atom. The van der Waals surface area contributed by atoms with Crippen LogP contribution in [0, 0.1) is 0 Å². The number of rotatable bonds is 3. The molecule has 1 heterocycles. The first-order chi connectivity index (χ1) is 8.41. The number of hydrogen-bond acceptors (Lipinski definition) is 3. The minimum absolute atomic E-state index is 0.117. The van der Waals surface area contributed by atoms with Crippen LogP contribution in [0.2, 0.25) is 0 Å². The molecule has 4 heteroatoms. The summed E-state index contributed by atoms with van der Waals surface area (Å²) < 4.78 is 5.69. The molecule has 1 aromatic heterocycles. The minimum atomic E-state index is -0.167. The fraction of sp³-hybridized carbons (Fsp3) is 0.571. The Morgan fingerprint density at radius 2 is 2.11 bits per heavy atom. The van der Waals surface area contributed by atoms with E-state index in [0.29, 0.717) is 17.4 Å². The van der Waals surface area contributed by atoms with Crippen molar-refractivity contribution >= 4 is 5.91 Å². The molecule has 1 aliphatic rings. The molecule has 2 rings (SSSR count). The van der Waals surface area contributed by atoms with Crippen molar-refractivity contribution in [1.82, 2.24) is 10.3 Å². The molecule has 0 atom stereocenters. The summed E-state index contributed by atoms with van der Waals surface area (Å²) in [6.07, 6.45) is 4.21. The van der Waals surface area contributed by atoms with Crippen molar-refractivity contribution in [2.75, 3.05) is 7.05 Å². The summed E-state index contributed by atoms with van der Waals surface area (Å²) >= 11 is 0. The Hall–Kier alpha value is -1.58. The Kier molecular flexibility index (Phi) is 3.28. The molecule has 0 radical (unpaired) electrons. The lowest BCUT2D eigenvalue weighted by Gasteiger charge is -2.21. The third kappa shape index (κ3) is 2.81. The first-order valence-electron chi connectivity index (χ1n) is 6.31. The van der Waals surface area contributed by atoms with Crippen molar-refractivity contribution in [2.24, 2.45) is 0 Å². The zero-order valence-corrected chi connectivity index (χ0v) is 11.4. The highest BCUT2D eigenvalue weighted by atomic mass is 16.5. The van der Waals surface area contributed by atoms with Gasteiger partial charge in [-0.2, -0.15) is 0 Å². The maximum Gasteiger partial charge on any atom is 0.253 e. The fourth-order valence-electron chi connectivity index (χ4n) is 1.79. The van der Waals surface area contributed by atoms with Crippen molar-refractivity contribution in [2.45, 2.75) is 45.1 Å². The molecule has 0 aliphatic heterocycles. The van der Waals surface area contributed by atoms with Crippen LogP contribution in [-0.4, -0.2) is 24.0 Å². The van der Waals surface area contributed by atoms with E-state index in [0.717, 1.165) is 18.5 Å². The number of amides is 1. The third-order valence-corrected chi connectivity index (χ3v) is 2.87. The van der Waals surface area contributed by atoms with Crippen molar-refractivity contribution in [3.05, 3.63) is 23.5 Å². The molecule has 1 N–H and O–H groups in total. The van der Waals surface area contributed by atoms with Gasteiger partial charge >= 0.3 is 0 Å². The number of carbonyl (C=O) groups excluding carboxylic acids is 1. The quantitative estimate of drug-likeness (QED) is 0.892. The molecule has 1 aliphatic carbocycles. The van der Waals surface area contributed by atoms with Crippen LogP contribution in [0.3, 0.4) is 0 Å². The van der Waals surface area contributed by atoms with Gasteiger partial charge in [-0.3, -0.25) is 9.78 Å².